The number of nitrogens with zero attached hydrogens (tertiary/aromatic N) is 1. The fraction of sp³-hybridized carbons (Fsp3) is 1.00. The predicted octanol–water partition coefficient (Wildman–Crippen LogP) is 2.20. The maximum atomic E-state index is 5.41. The van der Waals surface area contributed by atoms with Gasteiger partial charge in [-0.2, -0.15) is 12.6 Å². The Hall–Kier alpha value is 0.270. The summed E-state index contributed by atoms with van der Waals surface area (Å²) < 4.78 is 5.41. The molecule has 88 valence electrons. The first-order valence-electron chi connectivity index (χ1n) is 6.14. The summed E-state index contributed by atoms with van der Waals surface area (Å²) in [4.78, 5) is 2.58. The zero-order valence-electron chi connectivity index (χ0n) is 9.74. The Morgan fingerprint density at radius 3 is 2.67 bits per heavy atom. The molecule has 1 unspecified atom stereocenters. The van der Waals surface area contributed by atoms with E-state index in [1.165, 1.54) is 45.2 Å². The lowest BCUT2D eigenvalue weighted by atomic mass is 9.88. The van der Waals surface area contributed by atoms with Crippen molar-refractivity contribution in [1.82, 2.24) is 4.90 Å². The minimum atomic E-state index is 0.475. The third-order valence-electron chi connectivity index (χ3n) is 4.12. The molecule has 1 saturated heterocycles. The van der Waals surface area contributed by atoms with Gasteiger partial charge in [-0.1, -0.05) is 12.8 Å². The maximum Gasteiger partial charge on any atom is 0.0710 e. The average molecular weight is 229 g/mol. The van der Waals surface area contributed by atoms with E-state index in [4.69, 9.17) is 4.74 Å². The van der Waals surface area contributed by atoms with Gasteiger partial charge in [0, 0.05) is 26.7 Å². The second kappa shape index (κ2) is 5.07. The van der Waals surface area contributed by atoms with Crippen LogP contribution in [0.3, 0.4) is 0 Å². The molecule has 1 heterocycles. The van der Waals surface area contributed by atoms with Gasteiger partial charge in [0.05, 0.1) is 6.10 Å². The third kappa shape index (κ3) is 2.69. The highest BCUT2D eigenvalue weighted by atomic mass is 32.1. The summed E-state index contributed by atoms with van der Waals surface area (Å²) in [7, 11) is 1.83. The molecule has 0 spiro atoms. The van der Waals surface area contributed by atoms with Crippen molar-refractivity contribution >= 4 is 12.6 Å². The van der Waals surface area contributed by atoms with Crippen molar-refractivity contribution in [3.63, 3.8) is 0 Å². The lowest BCUT2D eigenvalue weighted by Gasteiger charge is -2.32. The summed E-state index contributed by atoms with van der Waals surface area (Å²) in [6, 6.07) is 0. The Labute approximate surface area is 98.8 Å². The van der Waals surface area contributed by atoms with Crippen LogP contribution in [0.15, 0.2) is 0 Å². The van der Waals surface area contributed by atoms with E-state index in [9.17, 15) is 0 Å². The number of hydrogen-bond acceptors (Lipinski definition) is 3. The molecule has 2 nitrogen and oxygen atoms in total. The number of rotatable bonds is 4. The lowest BCUT2D eigenvalue weighted by Crippen LogP contribution is -2.36. The smallest absolute Gasteiger partial charge is 0.0710 e. The second-order valence-electron chi connectivity index (χ2n) is 5.25. The summed E-state index contributed by atoms with van der Waals surface area (Å²) in [5, 5.41) is 0. The molecular weight excluding hydrogens is 206 g/mol. The molecule has 15 heavy (non-hydrogen) atoms. The minimum Gasteiger partial charge on any atom is -0.380 e. The van der Waals surface area contributed by atoms with Crippen LogP contribution in [0.25, 0.3) is 0 Å². The molecule has 1 saturated carbocycles. The molecule has 2 rings (SSSR count). The first-order valence-corrected chi connectivity index (χ1v) is 6.77. The molecule has 0 aromatic carbocycles. The first-order chi connectivity index (χ1) is 7.28. The van der Waals surface area contributed by atoms with Gasteiger partial charge in [-0.25, -0.2) is 0 Å². The molecule has 3 heteroatoms. The summed E-state index contributed by atoms with van der Waals surface area (Å²) >= 11 is 4.56. The fourth-order valence-electron chi connectivity index (χ4n) is 3.10. The Morgan fingerprint density at radius 2 is 2.13 bits per heavy atom. The highest BCUT2D eigenvalue weighted by Gasteiger charge is 2.36. The third-order valence-corrected chi connectivity index (χ3v) is 4.79. The SMILES string of the molecule is COC1CCN(CC2(CS)CCCC2)C1. The summed E-state index contributed by atoms with van der Waals surface area (Å²) in [6.45, 7) is 3.59. The molecule has 0 bridgehead atoms. The van der Waals surface area contributed by atoms with Crippen LogP contribution >= 0.6 is 12.6 Å². The van der Waals surface area contributed by atoms with Crippen molar-refractivity contribution in [3.05, 3.63) is 0 Å². The zero-order valence-corrected chi connectivity index (χ0v) is 10.6. The van der Waals surface area contributed by atoms with Crippen LogP contribution in [0.1, 0.15) is 32.1 Å². The summed E-state index contributed by atoms with van der Waals surface area (Å²) in [5.74, 6) is 1.06. The summed E-state index contributed by atoms with van der Waals surface area (Å²) in [6.07, 6.45) is 7.25. The van der Waals surface area contributed by atoms with Gasteiger partial charge in [0.1, 0.15) is 0 Å². The van der Waals surface area contributed by atoms with Crippen molar-refractivity contribution in [2.24, 2.45) is 5.41 Å². The first kappa shape index (κ1) is 11.7. The van der Waals surface area contributed by atoms with E-state index in [1.54, 1.807) is 0 Å². The number of hydrogen-bond donors (Lipinski definition) is 1. The maximum absolute atomic E-state index is 5.41. The molecule has 0 aromatic rings. The van der Waals surface area contributed by atoms with Crippen LogP contribution in [0.4, 0.5) is 0 Å². The van der Waals surface area contributed by atoms with Crippen LogP contribution in [0.2, 0.25) is 0 Å². The van der Waals surface area contributed by atoms with Gasteiger partial charge >= 0.3 is 0 Å². The molecule has 0 aromatic heterocycles. The molecule has 2 aliphatic rings. The average Bonchev–Trinajstić information content (AvgIpc) is 2.88. The van der Waals surface area contributed by atoms with Crippen molar-refractivity contribution < 1.29 is 4.74 Å². The Bertz CT molecular complexity index is 204. The van der Waals surface area contributed by atoms with Crippen LogP contribution in [0.5, 0.6) is 0 Å². The molecule has 1 aliphatic heterocycles. The topological polar surface area (TPSA) is 12.5 Å². The minimum absolute atomic E-state index is 0.475. The molecule has 0 N–H and O–H groups in total. The molecule has 1 atom stereocenters. The fourth-order valence-corrected chi connectivity index (χ4v) is 3.51. The standard InChI is InChI=1S/C12H23NOS/c1-14-11-4-7-13(8-11)9-12(10-15)5-2-3-6-12/h11,15H,2-10H2,1H3. The van der Waals surface area contributed by atoms with Crippen LogP contribution in [0, 0.1) is 5.41 Å². The summed E-state index contributed by atoms with van der Waals surface area (Å²) in [5.41, 5.74) is 0.520. The molecule has 0 radical (unpaired) electrons. The van der Waals surface area contributed by atoms with Crippen molar-refractivity contribution in [2.75, 3.05) is 32.5 Å². The van der Waals surface area contributed by atoms with Crippen LogP contribution in [-0.2, 0) is 4.74 Å². The zero-order chi connectivity index (χ0) is 10.7. The lowest BCUT2D eigenvalue weighted by molar-refractivity contribution is 0.100. The number of likely N-dealkylation sites (tertiary alicyclic amines) is 1. The molecule has 2 fully saturated rings. The van der Waals surface area contributed by atoms with E-state index < -0.39 is 0 Å². The van der Waals surface area contributed by atoms with E-state index in [0.29, 0.717) is 11.5 Å². The second-order valence-corrected chi connectivity index (χ2v) is 5.56. The molecular formula is C12H23NOS. The largest absolute Gasteiger partial charge is 0.380 e. The van der Waals surface area contributed by atoms with Gasteiger partial charge in [0.25, 0.3) is 0 Å². The van der Waals surface area contributed by atoms with Gasteiger partial charge in [-0.15, -0.1) is 0 Å². The monoisotopic (exact) mass is 229 g/mol. The Kier molecular flexibility index (Phi) is 3.97. The Balaban J connectivity index is 1.85. The molecule has 0 amide bonds. The van der Waals surface area contributed by atoms with E-state index in [-0.39, 0.29) is 0 Å². The Morgan fingerprint density at radius 1 is 1.40 bits per heavy atom. The normalized spacial score (nSPS) is 31.2. The van der Waals surface area contributed by atoms with E-state index >= 15 is 0 Å². The van der Waals surface area contributed by atoms with E-state index in [1.807, 2.05) is 7.11 Å². The van der Waals surface area contributed by atoms with Crippen molar-refractivity contribution in [1.29, 1.82) is 0 Å². The van der Waals surface area contributed by atoms with Gasteiger partial charge in [-0.05, 0) is 30.4 Å². The number of ether oxygens (including phenoxy) is 1. The van der Waals surface area contributed by atoms with Crippen molar-refractivity contribution in [2.45, 2.75) is 38.2 Å². The van der Waals surface area contributed by atoms with Gasteiger partial charge in [0.2, 0.25) is 0 Å². The van der Waals surface area contributed by atoms with Gasteiger partial charge in [0.15, 0.2) is 0 Å². The molecule has 1 aliphatic carbocycles. The highest BCUT2D eigenvalue weighted by Crippen LogP contribution is 2.40. The van der Waals surface area contributed by atoms with E-state index in [2.05, 4.69) is 17.5 Å². The van der Waals surface area contributed by atoms with E-state index in [0.717, 1.165) is 12.3 Å². The van der Waals surface area contributed by atoms with Crippen molar-refractivity contribution in [3.8, 4) is 0 Å². The van der Waals surface area contributed by atoms with Crippen LogP contribution in [-0.4, -0.2) is 43.5 Å². The highest BCUT2D eigenvalue weighted by molar-refractivity contribution is 7.80. The van der Waals surface area contributed by atoms with Gasteiger partial charge in [-0.3, -0.25) is 0 Å². The number of methoxy groups -OCH3 is 1. The number of thiol groups is 1. The van der Waals surface area contributed by atoms with Crippen LogP contribution < -0.4 is 0 Å². The quantitative estimate of drug-likeness (QED) is 0.742. The predicted molar refractivity (Wildman–Crippen MR) is 66.6 cm³/mol. The van der Waals surface area contributed by atoms with Gasteiger partial charge < -0.3 is 9.64 Å².